The van der Waals surface area contributed by atoms with Crippen LogP contribution in [0, 0.1) is 11.8 Å². The number of aromatic amines is 1. The zero-order chi connectivity index (χ0) is 15.7. The summed E-state index contributed by atoms with van der Waals surface area (Å²) in [6.07, 6.45) is 0. The summed E-state index contributed by atoms with van der Waals surface area (Å²) in [6.45, 7) is 3.72. The molecule has 1 aliphatic heterocycles. The summed E-state index contributed by atoms with van der Waals surface area (Å²) in [5.74, 6) is 0.830. The van der Waals surface area contributed by atoms with E-state index in [1.807, 2.05) is 6.92 Å². The molecule has 0 spiro atoms. The van der Waals surface area contributed by atoms with Gasteiger partial charge in [0.25, 0.3) is 0 Å². The maximum atomic E-state index is 12.2. The van der Waals surface area contributed by atoms with Gasteiger partial charge in [-0.1, -0.05) is 30.1 Å². The number of hydrogen-bond acceptors (Lipinski definition) is 3. The molecule has 3 N–H and O–H groups in total. The standard InChI is InChI=1S/C15H16Cl2N4O/c1-8(10-6-18-7-10)15(22)19-14-5-13(20-21-14)9-2-11(16)4-12(17)3-9/h2-5,8,10,18H,6-7H2,1H3,(H2,19,20,21,22). The fraction of sp³-hybridized carbons (Fsp3) is 0.333. The molecule has 2 heterocycles. The lowest BCUT2D eigenvalue weighted by atomic mass is 9.88. The van der Waals surface area contributed by atoms with Crippen molar-refractivity contribution < 1.29 is 4.79 Å². The fourth-order valence-corrected chi connectivity index (χ4v) is 2.89. The second-order valence-corrected chi connectivity index (χ2v) is 6.39. The van der Waals surface area contributed by atoms with E-state index in [2.05, 4.69) is 20.8 Å². The molecule has 1 fully saturated rings. The third-order valence-corrected chi connectivity index (χ3v) is 4.37. The molecule has 1 aromatic carbocycles. The highest BCUT2D eigenvalue weighted by molar-refractivity contribution is 6.35. The Bertz CT molecular complexity index is 676. The third kappa shape index (κ3) is 3.27. The average Bonchev–Trinajstić information content (AvgIpc) is 2.84. The summed E-state index contributed by atoms with van der Waals surface area (Å²) in [7, 11) is 0. The van der Waals surface area contributed by atoms with Crippen LogP contribution in [0.3, 0.4) is 0 Å². The predicted octanol–water partition coefficient (Wildman–Crippen LogP) is 3.18. The summed E-state index contributed by atoms with van der Waals surface area (Å²) in [6, 6.07) is 7.01. The van der Waals surface area contributed by atoms with Crippen LogP contribution in [0.1, 0.15) is 6.92 Å². The van der Waals surface area contributed by atoms with Crippen LogP contribution in [-0.4, -0.2) is 29.2 Å². The summed E-state index contributed by atoms with van der Waals surface area (Å²) >= 11 is 12.0. The van der Waals surface area contributed by atoms with Gasteiger partial charge in [0.15, 0.2) is 5.82 Å². The molecule has 1 atom stereocenters. The molecule has 0 saturated carbocycles. The first kappa shape index (κ1) is 15.3. The van der Waals surface area contributed by atoms with Gasteiger partial charge in [-0.2, -0.15) is 5.10 Å². The Kier molecular flexibility index (Phi) is 4.38. The number of halogens is 2. The van der Waals surface area contributed by atoms with Gasteiger partial charge in [-0.25, -0.2) is 0 Å². The number of amides is 1. The Morgan fingerprint density at radius 1 is 1.27 bits per heavy atom. The minimum Gasteiger partial charge on any atom is -0.316 e. The van der Waals surface area contributed by atoms with Crippen molar-refractivity contribution in [1.82, 2.24) is 15.5 Å². The lowest BCUT2D eigenvalue weighted by molar-refractivity contribution is -0.121. The van der Waals surface area contributed by atoms with E-state index in [0.29, 0.717) is 21.8 Å². The second kappa shape index (κ2) is 6.28. The quantitative estimate of drug-likeness (QED) is 0.801. The van der Waals surface area contributed by atoms with E-state index in [1.54, 1.807) is 24.3 Å². The molecular formula is C15H16Cl2N4O. The van der Waals surface area contributed by atoms with Crippen molar-refractivity contribution in [3.8, 4) is 11.3 Å². The first-order valence-electron chi connectivity index (χ1n) is 7.06. The highest BCUT2D eigenvalue weighted by Gasteiger charge is 2.29. The molecule has 0 aliphatic carbocycles. The van der Waals surface area contributed by atoms with Crippen molar-refractivity contribution in [2.45, 2.75) is 6.92 Å². The second-order valence-electron chi connectivity index (χ2n) is 5.52. The van der Waals surface area contributed by atoms with Crippen molar-refractivity contribution in [3.05, 3.63) is 34.3 Å². The van der Waals surface area contributed by atoms with Gasteiger partial charge in [0.1, 0.15) is 0 Å². The first-order chi connectivity index (χ1) is 10.5. The maximum Gasteiger partial charge on any atom is 0.228 e. The zero-order valence-electron chi connectivity index (χ0n) is 12.0. The van der Waals surface area contributed by atoms with Crippen LogP contribution in [0.4, 0.5) is 5.82 Å². The van der Waals surface area contributed by atoms with Gasteiger partial charge in [0.05, 0.1) is 5.69 Å². The smallest absolute Gasteiger partial charge is 0.228 e. The van der Waals surface area contributed by atoms with Crippen molar-refractivity contribution in [1.29, 1.82) is 0 Å². The Labute approximate surface area is 138 Å². The Morgan fingerprint density at radius 2 is 1.95 bits per heavy atom. The van der Waals surface area contributed by atoms with E-state index in [0.717, 1.165) is 24.3 Å². The number of benzene rings is 1. The summed E-state index contributed by atoms with van der Waals surface area (Å²) in [5, 5.41) is 14.1. The van der Waals surface area contributed by atoms with Crippen LogP contribution in [0.15, 0.2) is 24.3 Å². The molecule has 5 nitrogen and oxygen atoms in total. The van der Waals surface area contributed by atoms with E-state index in [-0.39, 0.29) is 11.8 Å². The lowest BCUT2D eigenvalue weighted by Gasteiger charge is -2.31. The largest absolute Gasteiger partial charge is 0.316 e. The predicted molar refractivity (Wildman–Crippen MR) is 88.2 cm³/mol. The summed E-state index contributed by atoms with van der Waals surface area (Å²) in [4.78, 5) is 12.2. The molecule has 1 unspecified atom stereocenters. The highest BCUT2D eigenvalue weighted by Crippen LogP contribution is 2.27. The van der Waals surface area contributed by atoms with Crippen molar-refractivity contribution >= 4 is 34.9 Å². The summed E-state index contributed by atoms with van der Waals surface area (Å²) < 4.78 is 0. The number of nitrogens with one attached hydrogen (secondary N) is 3. The normalized spacial score (nSPS) is 16.1. The molecule has 116 valence electrons. The van der Waals surface area contributed by atoms with Crippen molar-refractivity contribution in [3.63, 3.8) is 0 Å². The van der Waals surface area contributed by atoms with Gasteiger partial charge >= 0.3 is 0 Å². The van der Waals surface area contributed by atoms with E-state index >= 15 is 0 Å². The van der Waals surface area contributed by atoms with Crippen molar-refractivity contribution in [2.75, 3.05) is 18.4 Å². The Hall–Kier alpha value is -1.56. The van der Waals surface area contributed by atoms with Crippen LogP contribution < -0.4 is 10.6 Å². The van der Waals surface area contributed by atoms with Crippen LogP contribution >= 0.6 is 23.2 Å². The number of aromatic nitrogens is 2. The molecule has 1 amide bonds. The molecule has 22 heavy (non-hydrogen) atoms. The number of hydrogen-bond donors (Lipinski definition) is 3. The van der Waals surface area contributed by atoms with Gasteiger partial charge in [-0.15, -0.1) is 0 Å². The van der Waals surface area contributed by atoms with Gasteiger partial charge in [0.2, 0.25) is 5.91 Å². The monoisotopic (exact) mass is 338 g/mol. The molecular weight excluding hydrogens is 323 g/mol. The van der Waals surface area contributed by atoms with E-state index < -0.39 is 0 Å². The lowest BCUT2D eigenvalue weighted by Crippen LogP contribution is -2.48. The molecule has 3 rings (SSSR count). The minimum absolute atomic E-state index is 0.0197. The molecule has 1 saturated heterocycles. The van der Waals surface area contributed by atoms with Gasteiger partial charge in [0, 0.05) is 27.6 Å². The molecule has 0 radical (unpaired) electrons. The number of carbonyl (C=O) groups excluding carboxylic acids is 1. The number of nitrogens with zero attached hydrogens (tertiary/aromatic N) is 1. The Morgan fingerprint density at radius 3 is 2.55 bits per heavy atom. The molecule has 0 bridgehead atoms. The van der Waals surface area contributed by atoms with Crippen LogP contribution in [0.5, 0.6) is 0 Å². The fourth-order valence-electron chi connectivity index (χ4n) is 2.36. The van der Waals surface area contributed by atoms with E-state index in [1.165, 1.54) is 0 Å². The molecule has 1 aromatic heterocycles. The number of carbonyl (C=O) groups is 1. The topological polar surface area (TPSA) is 69.8 Å². The van der Waals surface area contributed by atoms with Crippen molar-refractivity contribution in [2.24, 2.45) is 11.8 Å². The highest BCUT2D eigenvalue weighted by atomic mass is 35.5. The van der Waals surface area contributed by atoms with Gasteiger partial charge < -0.3 is 10.6 Å². The zero-order valence-corrected chi connectivity index (χ0v) is 13.5. The van der Waals surface area contributed by atoms with E-state index in [9.17, 15) is 4.79 Å². The van der Waals surface area contributed by atoms with Gasteiger partial charge in [-0.3, -0.25) is 9.89 Å². The average molecular weight is 339 g/mol. The Balaban J connectivity index is 1.71. The third-order valence-electron chi connectivity index (χ3n) is 3.94. The summed E-state index contributed by atoms with van der Waals surface area (Å²) in [5.41, 5.74) is 1.57. The number of H-pyrrole nitrogens is 1. The van der Waals surface area contributed by atoms with E-state index in [4.69, 9.17) is 23.2 Å². The number of anilines is 1. The van der Waals surface area contributed by atoms with Crippen LogP contribution in [-0.2, 0) is 4.79 Å². The van der Waals surface area contributed by atoms with Crippen LogP contribution in [0.25, 0.3) is 11.3 Å². The SMILES string of the molecule is CC(C(=O)Nc1cc(-c2cc(Cl)cc(Cl)c2)[nH]n1)C1CNC1. The maximum absolute atomic E-state index is 12.2. The number of rotatable bonds is 4. The van der Waals surface area contributed by atoms with Crippen LogP contribution in [0.2, 0.25) is 10.0 Å². The molecule has 2 aromatic rings. The van der Waals surface area contributed by atoms with Gasteiger partial charge in [-0.05, 0) is 37.2 Å². The first-order valence-corrected chi connectivity index (χ1v) is 7.82. The minimum atomic E-state index is -0.0398. The molecule has 1 aliphatic rings. The molecule has 7 heteroatoms.